The van der Waals surface area contributed by atoms with E-state index in [1.807, 2.05) is 27.7 Å². The summed E-state index contributed by atoms with van der Waals surface area (Å²) in [7, 11) is 0. The van der Waals surface area contributed by atoms with E-state index in [0.29, 0.717) is 11.1 Å². The zero-order chi connectivity index (χ0) is 29.4. The number of ketones is 1. The van der Waals surface area contributed by atoms with Crippen molar-refractivity contribution < 1.29 is 38.1 Å². The van der Waals surface area contributed by atoms with Crippen LogP contribution in [0.5, 0.6) is 11.5 Å². The maximum Gasteiger partial charge on any atom is 0.344 e. The smallest absolute Gasteiger partial charge is 0.344 e. The molecule has 0 saturated heterocycles. The molecule has 214 valence electrons. The largest absolute Gasteiger partial charge is 0.478 e. The van der Waals surface area contributed by atoms with Gasteiger partial charge >= 0.3 is 11.9 Å². The Balaban J connectivity index is 1.72. The highest BCUT2D eigenvalue weighted by atomic mass is 32.1. The maximum absolute atomic E-state index is 13.2. The van der Waals surface area contributed by atoms with Gasteiger partial charge in [-0.05, 0) is 47.7 Å². The highest BCUT2D eigenvalue weighted by Crippen LogP contribution is 2.30. The van der Waals surface area contributed by atoms with E-state index in [9.17, 15) is 19.2 Å². The van der Waals surface area contributed by atoms with Crippen LogP contribution in [0.25, 0.3) is 0 Å². The van der Waals surface area contributed by atoms with E-state index >= 15 is 0 Å². The van der Waals surface area contributed by atoms with Crippen LogP contribution in [0.4, 0.5) is 0 Å². The standard InChI is InChI=1S/C29H34N2O8S/c1-17(2)13-38-26(33)15-36-24-8-6-19(10-25(24)37-16-27(34)39-14-18(3)4)23(32)12-31-11-21-9-20(28(30)40)5-7-22(21)29(31)35/h5-10,17-18H,11-16H2,1-4H3,(H2,30,40). The summed E-state index contributed by atoms with van der Waals surface area (Å²) in [5, 5.41) is 0. The van der Waals surface area contributed by atoms with Crippen LogP contribution in [0.2, 0.25) is 0 Å². The van der Waals surface area contributed by atoms with Gasteiger partial charge in [0.25, 0.3) is 5.91 Å². The molecule has 40 heavy (non-hydrogen) atoms. The molecule has 3 rings (SSSR count). The average Bonchev–Trinajstić information content (AvgIpc) is 3.22. The number of rotatable bonds is 14. The van der Waals surface area contributed by atoms with Gasteiger partial charge in [0.15, 0.2) is 30.5 Å². The first-order valence-corrected chi connectivity index (χ1v) is 13.3. The first-order chi connectivity index (χ1) is 18.9. The SMILES string of the molecule is CC(C)COC(=O)COc1ccc(C(=O)CN2Cc3cc(C(N)=S)ccc3C2=O)cc1OCC(=O)OCC(C)C. The van der Waals surface area contributed by atoms with E-state index in [0.717, 1.165) is 5.56 Å². The summed E-state index contributed by atoms with van der Waals surface area (Å²) < 4.78 is 21.5. The molecule has 2 aromatic carbocycles. The molecule has 1 aliphatic heterocycles. The fraction of sp³-hybridized carbons (Fsp3) is 0.414. The number of Topliss-reactive ketones (excluding diaryl/α,β-unsaturated/α-hetero) is 1. The van der Waals surface area contributed by atoms with Crippen LogP contribution in [0.1, 0.15) is 59.5 Å². The molecule has 1 heterocycles. The van der Waals surface area contributed by atoms with Crippen molar-refractivity contribution in [2.45, 2.75) is 34.2 Å². The summed E-state index contributed by atoms with van der Waals surface area (Å²) in [4.78, 5) is 51.8. The molecule has 11 heteroatoms. The fourth-order valence-corrected chi connectivity index (χ4v) is 3.84. The monoisotopic (exact) mass is 570 g/mol. The van der Waals surface area contributed by atoms with Crippen molar-refractivity contribution in [1.29, 1.82) is 0 Å². The Morgan fingerprint density at radius 1 is 0.875 bits per heavy atom. The third-order valence-electron chi connectivity index (χ3n) is 5.72. The number of thiocarbonyl (C=S) groups is 1. The minimum absolute atomic E-state index is 0.0705. The normalized spacial score (nSPS) is 12.3. The Bertz CT molecular complexity index is 1290. The summed E-state index contributed by atoms with van der Waals surface area (Å²) in [5.41, 5.74) is 7.80. The number of hydrogen-bond donors (Lipinski definition) is 1. The molecule has 2 aromatic rings. The van der Waals surface area contributed by atoms with E-state index in [2.05, 4.69) is 0 Å². The van der Waals surface area contributed by atoms with Crippen molar-refractivity contribution in [3.8, 4) is 11.5 Å². The van der Waals surface area contributed by atoms with Gasteiger partial charge in [-0.3, -0.25) is 9.59 Å². The minimum atomic E-state index is -0.593. The van der Waals surface area contributed by atoms with Gasteiger partial charge in [0.1, 0.15) is 4.99 Å². The summed E-state index contributed by atoms with van der Waals surface area (Å²) >= 11 is 5.02. The Morgan fingerprint density at radius 2 is 1.45 bits per heavy atom. The van der Waals surface area contributed by atoms with Crippen LogP contribution < -0.4 is 15.2 Å². The highest BCUT2D eigenvalue weighted by molar-refractivity contribution is 7.80. The van der Waals surface area contributed by atoms with Gasteiger partial charge in [-0.2, -0.15) is 0 Å². The van der Waals surface area contributed by atoms with Gasteiger partial charge in [0, 0.05) is 23.2 Å². The number of carbonyl (C=O) groups excluding carboxylic acids is 4. The molecule has 0 unspecified atom stereocenters. The van der Waals surface area contributed by atoms with Gasteiger partial charge in [-0.25, -0.2) is 9.59 Å². The molecule has 0 saturated carbocycles. The number of amides is 1. The topological polar surface area (TPSA) is 134 Å². The summed E-state index contributed by atoms with van der Waals surface area (Å²) in [6.45, 7) is 7.36. The van der Waals surface area contributed by atoms with Gasteiger partial charge in [0.2, 0.25) is 0 Å². The Kier molecular flexibility index (Phi) is 10.6. The lowest BCUT2D eigenvalue weighted by atomic mass is 10.1. The van der Waals surface area contributed by atoms with Crippen molar-refractivity contribution in [3.63, 3.8) is 0 Å². The lowest BCUT2D eigenvalue weighted by Gasteiger charge is -2.17. The molecular formula is C29H34N2O8S. The highest BCUT2D eigenvalue weighted by Gasteiger charge is 2.29. The molecule has 1 amide bonds. The molecular weight excluding hydrogens is 536 g/mol. The zero-order valence-corrected chi connectivity index (χ0v) is 23.9. The zero-order valence-electron chi connectivity index (χ0n) is 23.1. The minimum Gasteiger partial charge on any atom is -0.478 e. The van der Waals surface area contributed by atoms with E-state index in [1.165, 1.54) is 23.1 Å². The number of hydrogen-bond acceptors (Lipinski definition) is 9. The van der Waals surface area contributed by atoms with Crippen molar-refractivity contribution in [1.82, 2.24) is 4.90 Å². The van der Waals surface area contributed by atoms with Crippen molar-refractivity contribution in [2.75, 3.05) is 33.0 Å². The molecule has 0 atom stereocenters. The predicted molar refractivity (Wildman–Crippen MR) is 150 cm³/mol. The molecule has 10 nitrogen and oxygen atoms in total. The number of esters is 2. The van der Waals surface area contributed by atoms with Crippen molar-refractivity contribution >= 4 is 40.8 Å². The van der Waals surface area contributed by atoms with Crippen LogP contribution in [-0.4, -0.2) is 66.5 Å². The molecule has 0 bridgehead atoms. The molecule has 0 fully saturated rings. The molecule has 1 aliphatic rings. The second-order valence-corrected chi connectivity index (χ2v) is 10.7. The van der Waals surface area contributed by atoms with E-state index in [1.54, 1.807) is 18.2 Å². The average molecular weight is 571 g/mol. The van der Waals surface area contributed by atoms with Crippen LogP contribution in [-0.2, 0) is 25.6 Å². The first-order valence-electron chi connectivity index (χ1n) is 12.9. The third-order valence-corrected chi connectivity index (χ3v) is 5.95. The number of carbonyl (C=O) groups is 4. The van der Waals surface area contributed by atoms with E-state index in [-0.39, 0.29) is 78.5 Å². The lowest BCUT2D eigenvalue weighted by Crippen LogP contribution is -2.30. The molecule has 0 aliphatic carbocycles. The second-order valence-electron chi connectivity index (χ2n) is 10.2. The first kappa shape index (κ1) is 30.6. The predicted octanol–water partition coefficient (Wildman–Crippen LogP) is 3.32. The Hall–Kier alpha value is -3.99. The maximum atomic E-state index is 13.2. The van der Waals surface area contributed by atoms with Gasteiger partial charge in [0.05, 0.1) is 19.8 Å². The van der Waals surface area contributed by atoms with Crippen molar-refractivity contribution in [2.24, 2.45) is 17.6 Å². The second kappa shape index (κ2) is 13.9. The third kappa shape index (κ3) is 8.51. The van der Waals surface area contributed by atoms with E-state index < -0.39 is 18.5 Å². The summed E-state index contributed by atoms with van der Waals surface area (Å²) in [5.74, 6) is -1.26. The van der Waals surface area contributed by atoms with Crippen molar-refractivity contribution in [3.05, 3.63) is 58.7 Å². The van der Waals surface area contributed by atoms with Gasteiger partial charge in [-0.15, -0.1) is 0 Å². The Morgan fingerprint density at radius 3 is 2.02 bits per heavy atom. The van der Waals surface area contributed by atoms with Crippen LogP contribution >= 0.6 is 12.2 Å². The molecule has 0 spiro atoms. The fourth-order valence-electron chi connectivity index (χ4n) is 3.72. The summed E-state index contributed by atoms with van der Waals surface area (Å²) in [6, 6.07) is 9.46. The van der Waals surface area contributed by atoms with Crippen LogP contribution in [0.3, 0.4) is 0 Å². The molecule has 0 aromatic heterocycles. The number of nitrogens with zero attached hydrogens (tertiary/aromatic N) is 1. The lowest BCUT2D eigenvalue weighted by molar-refractivity contribution is -0.148. The number of benzene rings is 2. The number of fused-ring (bicyclic) bond motifs is 1. The van der Waals surface area contributed by atoms with Gasteiger partial charge < -0.3 is 29.6 Å². The van der Waals surface area contributed by atoms with Crippen LogP contribution in [0, 0.1) is 11.8 Å². The molecule has 0 radical (unpaired) electrons. The summed E-state index contributed by atoms with van der Waals surface area (Å²) in [6.07, 6.45) is 0. The van der Waals surface area contributed by atoms with Gasteiger partial charge in [-0.1, -0.05) is 46.0 Å². The van der Waals surface area contributed by atoms with E-state index in [4.69, 9.17) is 36.9 Å². The van der Waals surface area contributed by atoms with Crippen LogP contribution in [0.15, 0.2) is 36.4 Å². The Labute approximate surface area is 238 Å². The quantitative estimate of drug-likeness (QED) is 0.205. The number of nitrogens with two attached hydrogens (primary N) is 1. The molecule has 2 N–H and O–H groups in total. The number of ether oxygens (including phenoxy) is 4.